The number of carbonyl (C=O) groups is 1. The molecule has 4 aromatic rings. The first-order valence-corrected chi connectivity index (χ1v) is 12.8. The van der Waals surface area contributed by atoms with E-state index < -0.39 is 34.8 Å². The number of hydrogen-bond donors (Lipinski definition) is 2. The maximum absolute atomic E-state index is 14.7. The number of non-ortho nitro benzene ring substituents is 1. The zero-order valence-corrected chi connectivity index (χ0v) is 21.2. The number of carboxylic acid groups (broad SMARTS) is 1. The monoisotopic (exact) mass is 560 g/mol. The number of alkyl halides is 3. The van der Waals surface area contributed by atoms with Crippen LogP contribution in [0.4, 0.5) is 18.9 Å². The normalized spacial score (nSPS) is 15.7. The molecule has 2 aromatic heterocycles. The number of thiazole rings is 1. The zero-order chi connectivity index (χ0) is 27.9. The number of nitrogens with zero attached hydrogens (tertiary/aromatic N) is 4. The Morgan fingerprint density at radius 2 is 1.92 bits per heavy atom. The van der Waals surface area contributed by atoms with Crippen molar-refractivity contribution < 1.29 is 33.1 Å². The van der Waals surface area contributed by atoms with Crippen LogP contribution in [0.5, 0.6) is 0 Å². The van der Waals surface area contributed by atoms with Gasteiger partial charge in [0.05, 0.1) is 22.6 Å². The summed E-state index contributed by atoms with van der Waals surface area (Å²) in [5, 5.41) is 32.3. The third-order valence-corrected chi connectivity index (χ3v) is 7.88. The van der Waals surface area contributed by atoms with Crippen molar-refractivity contribution in [2.75, 3.05) is 13.1 Å². The van der Waals surface area contributed by atoms with Crippen molar-refractivity contribution in [3.63, 3.8) is 0 Å². The lowest BCUT2D eigenvalue weighted by Crippen LogP contribution is -2.51. The number of nitro benzene ring substituents is 1. The van der Waals surface area contributed by atoms with Gasteiger partial charge in [-0.15, -0.1) is 11.3 Å². The van der Waals surface area contributed by atoms with Crippen molar-refractivity contribution in [1.82, 2.24) is 14.5 Å². The Labute approximate surface area is 223 Å². The molecular weight excluding hydrogens is 537 g/mol. The van der Waals surface area contributed by atoms with E-state index in [-0.39, 0.29) is 42.6 Å². The van der Waals surface area contributed by atoms with E-state index in [1.165, 1.54) is 27.8 Å². The second kappa shape index (κ2) is 10.1. The van der Waals surface area contributed by atoms with E-state index in [0.717, 1.165) is 23.0 Å². The lowest BCUT2D eigenvalue weighted by molar-refractivity contribution is -0.384. The molecule has 2 aromatic carbocycles. The molecule has 0 radical (unpaired) electrons. The van der Waals surface area contributed by atoms with Gasteiger partial charge < -0.3 is 14.8 Å². The summed E-state index contributed by atoms with van der Waals surface area (Å²) in [5.41, 5.74) is -2.31. The number of β-amino-alcohol motifs (C(OH)–C–C–N with tert-alkyl or cyclic N) is 1. The van der Waals surface area contributed by atoms with Gasteiger partial charge in [-0.1, -0.05) is 30.3 Å². The van der Waals surface area contributed by atoms with Crippen LogP contribution in [0.2, 0.25) is 0 Å². The molecule has 1 aliphatic heterocycles. The summed E-state index contributed by atoms with van der Waals surface area (Å²) in [4.78, 5) is 28.3. The molecule has 5 rings (SSSR count). The Kier molecular flexibility index (Phi) is 6.91. The highest BCUT2D eigenvalue weighted by atomic mass is 32.1. The summed E-state index contributed by atoms with van der Waals surface area (Å²) in [6, 6.07) is 12.5. The molecule has 0 fully saturated rings. The van der Waals surface area contributed by atoms with Crippen LogP contribution < -0.4 is 0 Å². The minimum Gasteiger partial charge on any atom is -0.481 e. The molecule has 1 atom stereocenters. The summed E-state index contributed by atoms with van der Waals surface area (Å²) in [7, 11) is 0. The second-order valence-corrected chi connectivity index (χ2v) is 10.6. The van der Waals surface area contributed by atoms with Gasteiger partial charge in [0, 0.05) is 66.8 Å². The predicted octanol–water partition coefficient (Wildman–Crippen LogP) is 4.49. The van der Waals surface area contributed by atoms with Crippen LogP contribution >= 0.6 is 11.3 Å². The third kappa shape index (κ3) is 5.24. The molecule has 1 unspecified atom stereocenters. The topological polar surface area (TPSA) is 122 Å². The largest absolute Gasteiger partial charge is 0.481 e. The number of benzene rings is 2. The standard InChI is InChI=1S/C26H23F3N4O5S/c27-26(28,29)25(36,15-31-9-8-20-22(14-31)39-23(30-20)11-24(34)35)19-13-32(12-16-4-2-1-3-5-16)21-10-17(33(37)38)6-7-18(19)21/h1-7,10,13,36H,8-9,11-12,14-15H2,(H,34,35). The van der Waals surface area contributed by atoms with Crippen molar-refractivity contribution in [1.29, 1.82) is 0 Å². The minimum absolute atomic E-state index is 0.0654. The van der Waals surface area contributed by atoms with Gasteiger partial charge in [0.1, 0.15) is 5.01 Å². The van der Waals surface area contributed by atoms with Gasteiger partial charge in [-0.05, 0) is 11.6 Å². The first-order chi connectivity index (χ1) is 18.4. The molecule has 2 N–H and O–H groups in total. The molecule has 0 saturated heterocycles. The number of rotatable bonds is 8. The molecule has 13 heteroatoms. The first-order valence-electron chi connectivity index (χ1n) is 12.0. The molecule has 1 aliphatic rings. The van der Waals surface area contributed by atoms with Crippen molar-refractivity contribution in [3.05, 3.63) is 91.5 Å². The molecule has 0 saturated carbocycles. The van der Waals surface area contributed by atoms with Crippen molar-refractivity contribution in [2.45, 2.75) is 37.7 Å². The van der Waals surface area contributed by atoms with Crippen LogP contribution in [0.1, 0.15) is 26.7 Å². The van der Waals surface area contributed by atoms with E-state index in [1.54, 1.807) is 30.3 Å². The highest BCUT2D eigenvalue weighted by Gasteiger charge is 2.57. The fourth-order valence-electron chi connectivity index (χ4n) is 4.93. The molecule has 3 heterocycles. The van der Waals surface area contributed by atoms with E-state index in [0.29, 0.717) is 22.0 Å². The summed E-state index contributed by atoms with van der Waals surface area (Å²) in [5.74, 6) is -1.04. The highest BCUT2D eigenvalue weighted by Crippen LogP contribution is 2.44. The number of fused-ring (bicyclic) bond motifs is 2. The quantitative estimate of drug-likeness (QED) is 0.241. The molecule has 39 heavy (non-hydrogen) atoms. The van der Waals surface area contributed by atoms with Gasteiger partial charge in [-0.2, -0.15) is 13.2 Å². The lowest BCUT2D eigenvalue weighted by atomic mass is 9.91. The number of aromatic nitrogens is 2. The molecule has 0 spiro atoms. The van der Waals surface area contributed by atoms with Crippen LogP contribution in [0.15, 0.2) is 54.7 Å². The van der Waals surface area contributed by atoms with Gasteiger partial charge in [-0.25, -0.2) is 4.98 Å². The van der Waals surface area contributed by atoms with Crippen molar-refractivity contribution in [2.24, 2.45) is 0 Å². The van der Waals surface area contributed by atoms with Crippen molar-refractivity contribution in [3.8, 4) is 0 Å². The highest BCUT2D eigenvalue weighted by molar-refractivity contribution is 7.11. The molecule has 9 nitrogen and oxygen atoms in total. The van der Waals surface area contributed by atoms with E-state index >= 15 is 0 Å². The van der Waals surface area contributed by atoms with Gasteiger partial charge in [0.25, 0.3) is 5.69 Å². The maximum atomic E-state index is 14.7. The summed E-state index contributed by atoms with van der Waals surface area (Å²) >= 11 is 1.14. The summed E-state index contributed by atoms with van der Waals surface area (Å²) < 4.78 is 45.6. The number of halogens is 3. The van der Waals surface area contributed by atoms with Crippen LogP contribution in [-0.4, -0.2) is 54.8 Å². The Hall–Kier alpha value is -3.81. The number of nitro groups is 1. The number of aliphatic hydroxyl groups is 1. The van der Waals surface area contributed by atoms with Crippen LogP contribution in [0.3, 0.4) is 0 Å². The van der Waals surface area contributed by atoms with Gasteiger partial charge in [-0.3, -0.25) is 19.8 Å². The molecule has 0 amide bonds. The van der Waals surface area contributed by atoms with Gasteiger partial charge in [0.15, 0.2) is 0 Å². The van der Waals surface area contributed by atoms with Crippen LogP contribution in [0.25, 0.3) is 10.9 Å². The fourth-order valence-corrected chi connectivity index (χ4v) is 6.08. The van der Waals surface area contributed by atoms with E-state index in [4.69, 9.17) is 5.11 Å². The Bertz CT molecular complexity index is 1550. The van der Waals surface area contributed by atoms with Gasteiger partial charge in [0.2, 0.25) is 5.60 Å². The van der Waals surface area contributed by atoms with E-state index in [2.05, 4.69) is 4.98 Å². The van der Waals surface area contributed by atoms with Crippen LogP contribution in [0, 0.1) is 10.1 Å². The lowest BCUT2D eigenvalue weighted by Gasteiger charge is -2.37. The Balaban J connectivity index is 1.54. The first kappa shape index (κ1) is 26.8. The van der Waals surface area contributed by atoms with Crippen LogP contribution in [-0.2, 0) is 36.3 Å². The predicted molar refractivity (Wildman–Crippen MR) is 137 cm³/mol. The number of aliphatic carboxylic acids is 1. The summed E-state index contributed by atoms with van der Waals surface area (Å²) in [6.45, 7) is -0.356. The van der Waals surface area contributed by atoms with E-state index in [9.17, 15) is 33.2 Å². The zero-order valence-electron chi connectivity index (χ0n) is 20.4. The minimum atomic E-state index is -5.07. The molecule has 204 valence electrons. The fraction of sp³-hybridized carbons (Fsp3) is 0.308. The number of hydrogen-bond acceptors (Lipinski definition) is 7. The second-order valence-electron chi connectivity index (χ2n) is 9.48. The molecule has 0 bridgehead atoms. The smallest absolute Gasteiger partial charge is 0.422 e. The van der Waals surface area contributed by atoms with Crippen molar-refractivity contribution >= 4 is 33.9 Å². The molecular formula is C26H23F3N4O5S. The maximum Gasteiger partial charge on any atom is 0.422 e. The average Bonchev–Trinajstić information content (AvgIpc) is 3.43. The van der Waals surface area contributed by atoms with Gasteiger partial charge >= 0.3 is 12.1 Å². The third-order valence-electron chi connectivity index (χ3n) is 6.80. The number of carboxylic acids is 1. The Morgan fingerprint density at radius 3 is 2.59 bits per heavy atom. The summed E-state index contributed by atoms with van der Waals surface area (Å²) in [6.07, 6.45) is -3.79. The average molecular weight is 561 g/mol. The SMILES string of the molecule is O=C(O)Cc1nc2c(s1)CN(CC(O)(c1cn(Cc3ccccc3)c3cc([N+](=O)[O-])ccc13)C(F)(F)F)CC2. The Morgan fingerprint density at radius 1 is 1.18 bits per heavy atom. The molecule has 0 aliphatic carbocycles. The van der Waals surface area contributed by atoms with E-state index in [1.807, 2.05) is 0 Å².